The van der Waals surface area contributed by atoms with Crippen LogP contribution in [0, 0.1) is 5.92 Å². The first-order valence-corrected chi connectivity index (χ1v) is 4.60. The highest BCUT2D eigenvalue weighted by atomic mass is 16.5. The van der Waals surface area contributed by atoms with E-state index in [4.69, 9.17) is 4.52 Å². The summed E-state index contributed by atoms with van der Waals surface area (Å²) < 4.78 is 5.09. The molecule has 0 spiro atoms. The van der Waals surface area contributed by atoms with Crippen LogP contribution in [-0.2, 0) is 6.42 Å². The lowest BCUT2D eigenvalue weighted by Gasteiger charge is -1.85. The molecule has 0 aliphatic heterocycles. The third-order valence-electron chi connectivity index (χ3n) is 2.26. The molecule has 6 heteroatoms. The molecular formula is C8H9N5O. The molecule has 3 rings (SSSR count). The maximum Gasteiger partial charge on any atom is 0.239 e. The van der Waals surface area contributed by atoms with Crippen LogP contribution in [0.4, 0.5) is 0 Å². The van der Waals surface area contributed by atoms with Crippen molar-refractivity contribution in [2.45, 2.75) is 19.3 Å². The van der Waals surface area contributed by atoms with Gasteiger partial charge >= 0.3 is 0 Å². The van der Waals surface area contributed by atoms with Crippen LogP contribution in [0.1, 0.15) is 18.7 Å². The van der Waals surface area contributed by atoms with Crippen molar-refractivity contribution < 1.29 is 4.52 Å². The Morgan fingerprint density at radius 2 is 2.43 bits per heavy atom. The summed E-state index contributed by atoms with van der Waals surface area (Å²) in [5.41, 5.74) is 0. The maximum atomic E-state index is 5.09. The highest BCUT2D eigenvalue weighted by Gasteiger charge is 2.24. The van der Waals surface area contributed by atoms with Crippen LogP contribution in [0.15, 0.2) is 10.9 Å². The molecule has 2 heterocycles. The quantitative estimate of drug-likeness (QED) is 0.776. The van der Waals surface area contributed by atoms with E-state index in [2.05, 4.69) is 25.3 Å². The summed E-state index contributed by atoms with van der Waals surface area (Å²) in [6.45, 7) is 0. The summed E-state index contributed by atoms with van der Waals surface area (Å²) in [4.78, 5) is 8.16. The van der Waals surface area contributed by atoms with Crippen LogP contribution in [0.25, 0.3) is 11.6 Å². The summed E-state index contributed by atoms with van der Waals surface area (Å²) in [5.74, 6) is 2.48. The molecule has 0 radical (unpaired) electrons. The van der Waals surface area contributed by atoms with E-state index in [1.54, 1.807) is 0 Å². The molecule has 0 atom stereocenters. The molecule has 6 nitrogen and oxygen atoms in total. The van der Waals surface area contributed by atoms with Gasteiger partial charge in [0.1, 0.15) is 6.33 Å². The van der Waals surface area contributed by atoms with E-state index in [9.17, 15) is 0 Å². The predicted octanol–water partition coefficient (Wildman–Crippen LogP) is 0.807. The molecule has 0 amide bonds. The Labute approximate surface area is 79.7 Å². The molecule has 0 bridgehead atoms. The molecule has 1 fully saturated rings. The fourth-order valence-corrected chi connectivity index (χ4v) is 1.32. The number of hydrogen-bond donors (Lipinski definition) is 1. The van der Waals surface area contributed by atoms with Gasteiger partial charge in [0.2, 0.25) is 11.7 Å². The Balaban J connectivity index is 1.82. The average molecular weight is 191 g/mol. The van der Waals surface area contributed by atoms with Crippen molar-refractivity contribution in [2.75, 3.05) is 0 Å². The molecule has 72 valence electrons. The first kappa shape index (κ1) is 7.66. The molecule has 2 aromatic heterocycles. The minimum atomic E-state index is 0.484. The minimum Gasteiger partial charge on any atom is -0.339 e. The normalized spacial score (nSPS) is 16.0. The van der Waals surface area contributed by atoms with E-state index in [1.807, 2.05) is 0 Å². The SMILES string of the molecule is c1n[nH]c(-c2noc(CC3CC3)n2)n1. The monoisotopic (exact) mass is 191 g/mol. The molecule has 14 heavy (non-hydrogen) atoms. The summed E-state index contributed by atoms with van der Waals surface area (Å²) >= 11 is 0. The molecule has 2 aromatic rings. The van der Waals surface area contributed by atoms with Gasteiger partial charge in [0.25, 0.3) is 0 Å². The second kappa shape index (κ2) is 2.90. The molecule has 1 aliphatic rings. The van der Waals surface area contributed by atoms with E-state index < -0.39 is 0 Å². The van der Waals surface area contributed by atoms with E-state index in [0.29, 0.717) is 17.5 Å². The number of nitrogens with zero attached hydrogens (tertiary/aromatic N) is 4. The van der Waals surface area contributed by atoms with Gasteiger partial charge in [0.05, 0.1) is 0 Å². The predicted molar refractivity (Wildman–Crippen MR) is 46.1 cm³/mol. The third kappa shape index (κ3) is 1.39. The number of H-pyrrole nitrogens is 1. The van der Waals surface area contributed by atoms with Gasteiger partial charge in [-0.1, -0.05) is 5.16 Å². The first-order valence-electron chi connectivity index (χ1n) is 4.60. The van der Waals surface area contributed by atoms with Crippen LogP contribution in [-0.4, -0.2) is 25.3 Å². The molecule has 1 aliphatic carbocycles. The van der Waals surface area contributed by atoms with E-state index in [-0.39, 0.29) is 0 Å². The van der Waals surface area contributed by atoms with E-state index in [1.165, 1.54) is 19.2 Å². The van der Waals surface area contributed by atoms with Crippen molar-refractivity contribution in [1.82, 2.24) is 25.3 Å². The lowest BCUT2D eigenvalue weighted by molar-refractivity contribution is 0.373. The Hall–Kier alpha value is -1.72. The largest absolute Gasteiger partial charge is 0.339 e. The van der Waals surface area contributed by atoms with Gasteiger partial charge in [0.15, 0.2) is 5.82 Å². The van der Waals surface area contributed by atoms with Gasteiger partial charge in [-0.2, -0.15) is 10.1 Å². The summed E-state index contributed by atoms with van der Waals surface area (Å²) in [6, 6.07) is 0. The summed E-state index contributed by atoms with van der Waals surface area (Å²) in [7, 11) is 0. The zero-order valence-corrected chi connectivity index (χ0v) is 7.47. The number of hydrogen-bond acceptors (Lipinski definition) is 5. The first-order chi connectivity index (χ1) is 6.92. The number of aromatic nitrogens is 5. The van der Waals surface area contributed by atoms with Gasteiger partial charge in [0, 0.05) is 6.42 Å². The zero-order valence-electron chi connectivity index (χ0n) is 7.47. The van der Waals surface area contributed by atoms with Crippen LogP contribution in [0.3, 0.4) is 0 Å². The van der Waals surface area contributed by atoms with Crippen molar-refractivity contribution in [3.8, 4) is 11.6 Å². The zero-order chi connectivity index (χ0) is 9.38. The standard InChI is InChI=1S/C8H9N5O/c1-2-5(1)3-6-11-8(13-14-6)7-9-4-10-12-7/h4-5H,1-3H2,(H,9,10,12). The lowest BCUT2D eigenvalue weighted by atomic mass is 10.3. The number of aromatic amines is 1. The minimum absolute atomic E-state index is 0.484. The van der Waals surface area contributed by atoms with Gasteiger partial charge < -0.3 is 4.52 Å². The van der Waals surface area contributed by atoms with Crippen molar-refractivity contribution >= 4 is 0 Å². The van der Waals surface area contributed by atoms with Crippen molar-refractivity contribution in [2.24, 2.45) is 5.92 Å². The van der Waals surface area contributed by atoms with Crippen molar-refractivity contribution in [3.63, 3.8) is 0 Å². The van der Waals surface area contributed by atoms with Gasteiger partial charge in [-0.3, -0.25) is 5.10 Å². The molecule has 0 aromatic carbocycles. The topological polar surface area (TPSA) is 80.5 Å². The summed E-state index contributed by atoms with van der Waals surface area (Å²) in [5, 5.41) is 10.2. The number of rotatable bonds is 3. The molecule has 1 saturated carbocycles. The van der Waals surface area contributed by atoms with Crippen LogP contribution in [0.2, 0.25) is 0 Å². The van der Waals surface area contributed by atoms with Gasteiger partial charge in [-0.05, 0) is 18.8 Å². The number of nitrogens with one attached hydrogen (secondary N) is 1. The molecule has 0 unspecified atom stereocenters. The molecule has 1 N–H and O–H groups in total. The van der Waals surface area contributed by atoms with Crippen molar-refractivity contribution in [1.29, 1.82) is 0 Å². The Bertz CT molecular complexity index is 417. The van der Waals surface area contributed by atoms with E-state index in [0.717, 1.165) is 12.3 Å². The summed E-state index contributed by atoms with van der Waals surface area (Å²) in [6.07, 6.45) is 4.87. The average Bonchev–Trinajstić information content (AvgIpc) is 2.71. The highest BCUT2D eigenvalue weighted by molar-refractivity contribution is 5.39. The van der Waals surface area contributed by atoms with Crippen LogP contribution < -0.4 is 0 Å². The second-order valence-electron chi connectivity index (χ2n) is 3.49. The Morgan fingerprint density at radius 3 is 3.14 bits per heavy atom. The molecular weight excluding hydrogens is 182 g/mol. The van der Waals surface area contributed by atoms with Crippen LogP contribution >= 0.6 is 0 Å². The highest BCUT2D eigenvalue weighted by Crippen LogP contribution is 2.32. The van der Waals surface area contributed by atoms with Crippen molar-refractivity contribution in [3.05, 3.63) is 12.2 Å². The second-order valence-corrected chi connectivity index (χ2v) is 3.49. The van der Waals surface area contributed by atoms with Gasteiger partial charge in [-0.25, -0.2) is 4.98 Å². The Morgan fingerprint density at radius 1 is 1.50 bits per heavy atom. The van der Waals surface area contributed by atoms with Gasteiger partial charge in [-0.15, -0.1) is 0 Å². The van der Waals surface area contributed by atoms with E-state index >= 15 is 0 Å². The third-order valence-corrected chi connectivity index (χ3v) is 2.26. The maximum absolute atomic E-state index is 5.09. The smallest absolute Gasteiger partial charge is 0.239 e. The van der Waals surface area contributed by atoms with Crippen LogP contribution in [0.5, 0.6) is 0 Å². The lowest BCUT2D eigenvalue weighted by Crippen LogP contribution is -1.87. The molecule has 0 saturated heterocycles. The fourth-order valence-electron chi connectivity index (χ4n) is 1.32. The fraction of sp³-hybridized carbons (Fsp3) is 0.500. The Kier molecular flexibility index (Phi) is 1.59.